The van der Waals surface area contributed by atoms with Crippen molar-refractivity contribution in [1.82, 2.24) is 4.98 Å². The van der Waals surface area contributed by atoms with Crippen LogP contribution in [0.5, 0.6) is 23.3 Å². The second kappa shape index (κ2) is 5.20. The molecule has 88 valence electrons. The quantitative estimate of drug-likeness (QED) is 0.697. The lowest BCUT2D eigenvalue weighted by atomic mass is 10.2. The maximum absolute atomic E-state index is 11.0. The monoisotopic (exact) mass is 227 g/mol. The Hall–Kier alpha value is -1.98. The van der Waals surface area contributed by atoms with Crippen LogP contribution in [0.3, 0.4) is 0 Å². The van der Waals surface area contributed by atoms with Crippen LogP contribution in [0.15, 0.2) is 0 Å². The summed E-state index contributed by atoms with van der Waals surface area (Å²) in [6, 6.07) is 0. The standard InChI is InChI=1S/C10H13NO5/c1-13-7-6(5-12)8(14-2)10(16-4)11-9(7)15-3/h5H,1-4H3. The van der Waals surface area contributed by atoms with Crippen molar-refractivity contribution in [2.24, 2.45) is 0 Å². The van der Waals surface area contributed by atoms with Gasteiger partial charge in [0.25, 0.3) is 11.8 Å². The van der Waals surface area contributed by atoms with Crippen molar-refractivity contribution < 1.29 is 23.7 Å². The van der Waals surface area contributed by atoms with Crippen molar-refractivity contribution in [3.8, 4) is 23.3 Å². The Kier molecular flexibility index (Phi) is 3.93. The molecule has 1 rings (SSSR count). The predicted molar refractivity (Wildman–Crippen MR) is 55.8 cm³/mol. The Morgan fingerprint density at radius 1 is 0.875 bits per heavy atom. The molecule has 16 heavy (non-hydrogen) atoms. The predicted octanol–water partition coefficient (Wildman–Crippen LogP) is 0.928. The molecule has 0 fully saturated rings. The van der Waals surface area contributed by atoms with Gasteiger partial charge in [0.05, 0.1) is 28.4 Å². The molecule has 0 N–H and O–H groups in total. The van der Waals surface area contributed by atoms with Gasteiger partial charge in [0.2, 0.25) is 0 Å². The van der Waals surface area contributed by atoms with Crippen LogP contribution in [0.1, 0.15) is 10.4 Å². The maximum Gasteiger partial charge on any atom is 0.261 e. The normalized spacial score (nSPS) is 9.50. The Balaban J connectivity index is 3.54. The number of hydrogen-bond donors (Lipinski definition) is 0. The van der Waals surface area contributed by atoms with Gasteiger partial charge < -0.3 is 18.9 Å². The third-order valence-electron chi connectivity index (χ3n) is 1.99. The lowest BCUT2D eigenvalue weighted by molar-refractivity contribution is 0.111. The van der Waals surface area contributed by atoms with E-state index in [1.165, 1.54) is 28.4 Å². The number of carbonyl (C=O) groups is 1. The molecule has 0 saturated carbocycles. The molecule has 0 spiro atoms. The molecule has 0 radical (unpaired) electrons. The maximum atomic E-state index is 11.0. The molecule has 6 nitrogen and oxygen atoms in total. The van der Waals surface area contributed by atoms with Crippen molar-refractivity contribution in [2.75, 3.05) is 28.4 Å². The first kappa shape index (κ1) is 12.1. The largest absolute Gasteiger partial charge is 0.491 e. The summed E-state index contributed by atoms with van der Waals surface area (Å²) in [5.41, 5.74) is 0.203. The molecule has 1 heterocycles. The molecule has 1 aromatic rings. The van der Waals surface area contributed by atoms with E-state index >= 15 is 0 Å². The van der Waals surface area contributed by atoms with Gasteiger partial charge in [-0.05, 0) is 0 Å². The number of hydrogen-bond acceptors (Lipinski definition) is 6. The first-order valence-electron chi connectivity index (χ1n) is 4.42. The molecule has 1 aromatic heterocycles. The average Bonchev–Trinajstić information content (AvgIpc) is 2.35. The first-order chi connectivity index (χ1) is 7.73. The summed E-state index contributed by atoms with van der Waals surface area (Å²) in [5.74, 6) is 0.773. The van der Waals surface area contributed by atoms with Crippen LogP contribution in [-0.4, -0.2) is 39.7 Å². The van der Waals surface area contributed by atoms with Crippen LogP contribution >= 0.6 is 0 Å². The number of pyridine rings is 1. The highest BCUT2D eigenvalue weighted by atomic mass is 16.5. The third-order valence-corrected chi connectivity index (χ3v) is 1.99. The van der Waals surface area contributed by atoms with Crippen LogP contribution in [0.4, 0.5) is 0 Å². The molecule has 0 atom stereocenters. The number of carbonyl (C=O) groups excluding carboxylic acids is 1. The van der Waals surface area contributed by atoms with E-state index in [0.29, 0.717) is 6.29 Å². The number of ether oxygens (including phenoxy) is 4. The minimum atomic E-state index is 0.169. The highest BCUT2D eigenvalue weighted by Gasteiger charge is 2.22. The van der Waals surface area contributed by atoms with E-state index in [-0.39, 0.29) is 28.8 Å². The summed E-state index contributed by atoms with van der Waals surface area (Å²) < 4.78 is 20.1. The zero-order chi connectivity index (χ0) is 12.1. The zero-order valence-corrected chi connectivity index (χ0v) is 9.57. The van der Waals surface area contributed by atoms with E-state index in [1.54, 1.807) is 0 Å². The Morgan fingerprint density at radius 3 is 1.56 bits per heavy atom. The molecule has 0 amide bonds. The van der Waals surface area contributed by atoms with Crippen LogP contribution in [0.25, 0.3) is 0 Å². The van der Waals surface area contributed by atoms with Gasteiger partial charge in [0.1, 0.15) is 5.56 Å². The SMILES string of the molecule is COc1nc(OC)c(OC)c(C=O)c1OC. The van der Waals surface area contributed by atoms with E-state index in [1.807, 2.05) is 0 Å². The van der Waals surface area contributed by atoms with Gasteiger partial charge in [-0.1, -0.05) is 0 Å². The first-order valence-corrected chi connectivity index (χ1v) is 4.42. The molecule has 0 aliphatic rings. The van der Waals surface area contributed by atoms with Gasteiger partial charge >= 0.3 is 0 Å². The number of nitrogens with zero attached hydrogens (tertiary/aromatic N) is 1. The third kappa shape index (κ3) is 1.86. The summed E-state index contributed by atoms with van der Waals surface area (Å²) >= 11 is 0. The minimum Gasteiger partial charge on any atom is -0.491 e. The molecule has 0 aliphatic heterocycles. The highest BCUT2D eigenvalue weighted by Crippen LogP contribution is 2.40. The summed E-state index contributed by atoms with van der Waals surface area (Å²) in [5, 5.41) is 0. The molecule has 0 aromatic carbocycles. The smallest absolute Gasteiger partial charge is 0.261 e. The molecular weight excluding hydrogens is 214 g/mol. The summed E-state index contributed by atoms with van der Waals surface area (Å²) in [4.78, 5) is 15.0. The van der Waals surface area contributed by atoms with Crippen LogP contribution < -0.4 is 18.9 Å². The van der Waals surface area contributed by atoms with Gasteiger partial charge in [0, 0.05) is 0 Å². The van der Waals surface area contributed by atoms with Crippen LogP contribution in [-0.2, 0) is 0 Å². The molecular formula is C10H13NO5. The Labute approximate surface area is 93.1 Å². The van der Waals surface area contributed by atoms with Crippen LogP contribution in [0, 0.1) is 0 Å². The van der Waals surface area contributed by atoms with Gasteiger partial charge in [0.15, 0.2) is 17.8 Å². The van der Waals surface area contributed by atoms with Crippen molar-refractivity contribution in [3.63, 3.8) is 0 Å². The summed E-state index contributed by atoms with van der Waals surface area (Å²) in [6.45, 7) is 0. The molecule has 0 unspecified atom stereocenters. The number of rotatable bonds is 5. The molecule has 6 heteroatoms. The van der Waals surface area contributed by atoms with Gasteiger partial charge in [-0.15, -0.1) is 0 Å². The van der Waals surface area contributed by atoms with Crippen molar-refractivity contribution >= 4 is 6.29 Å². The van der Waals surface area contributed by atoms with E-state index in [4.69, 9.17) is 18.9 Å². The second-order valence-corrected chi connectivity index (χ2v) is 2.73. The fraction of sp³-hybridized carbons (Fsp3) is 0.400. The fourth-order valence-corrected chi connectivity index (χ4v) is 1.31. The van der Waals surface area contributed by atoms with E-state index in [9.17, 15) is 4.79 Å². The van der Waals surface area contributed by atoms with Crippen LogP contribution in [0.2, 0.25) is 0 Å². The molecule has 0 bridgehead atoms. The van der Waals surface area contributed by atoms with Gasteiger partial charge in [-0.25, -0.2) is 0 Å². The summed E-state index contributed by atoms with van der Waals surface area (Å²) in [7, 11) is 5.67. The second-order valence-electron chi connectivity index (χ2n) is 2.73. The minimum absolute atomic E-state index is 0.169. The average molecular weight is 227 g/mol. The van der Waals surface area contributed by atoms with Gasteiger partial charge in [-0.2, -0.15) is 4.98 Å². The molecule has 0 aliphatic carbocycles. The lowest BCUT2D eigenvalue weighted by Crippen LogP contribution is -2.04. The van der Waals surface area contributed by atoms with Crippen molar-refractivity contribution in [2.45, 2.75) is 0 Å². The topological polar surface area (TPSA) is 66.9 Å². The summed E-state index contributed by atoms with van der Waals surface area (Å²) in [6.07, 6.45) is 0.602. The Morgan fingerprint density at radius 2 is 1.31 bits per heavy atom. The van der Waals surface area contributed by atoms with E-state index < -0.39 is 0 Å². The fourth-order valence-electron chi connectivity index (χ4n) is 1.31. The Bertz CT molecular complexity index is 361. The number of aromatic nitrogens is 1. The van der Waals surface area contributed by atoms with Gasteiger partial charge in [-0.3, -0.25) is 4.79 Å². The zero-order valence-electron chi connectivity index (χ0n) is 9.57. The van der Waals surface area contributed by atoms with Crippen molar-refractivity contribution in [3.05, 3.63) is 5.56 Å². The van der Waals surface area contributed by atoms with Crippen molar-refractivity contribution in [1.29, 1.82) is 0 Å². The van der Waals surface area contributed by atoms with E-state index in [0.717, 1.165) is 0 Å². The highest BCUT2D eigenvalue weighted by molar-refractivity contribution is 5.86. The molecule has 0 saturated heterocycles. The number of aldehydes is 1. The lowest BCUT2D eigenvalue weighted by Gasteiger charge is -2.14. The number of methoxy groups -OCH3 is 4. The van der Waals surface area contributed by atoms with E-state index in [2.05, 4.69) is 4.98 Å².